The number of rotatable bonds is 8. The fourth-order valence-corrected chi connectivity index (χ4v) is 5.17. The number of hydrogen-bond acceptors (Lipinski definition) is 6. The van der Waals surface area contributed by atoms with Gasteiger partial charge in [0.2, 0.25) is 5.95 Å². The highest BCUT2D eigenvalue weighted by molar-refractivity contribution is 7.53. The van der Waals surface area contributed by atoms with E-state index in [1.54, 1.807) is 32.3 Å². The monoisotopic (exact) mass is 417 g/mol. The van der Waals surface area contributed by atoms with Crippen molar-refractivity contribution in [3.8, 4) is 0 Å². The van der Waals surface area contributed by atoms with Crippen LogP contribution in [0.15, 0.2) is 19.0 Å². The molecule has 1 unspecified atom stereocenters. The van der Waals surface area contributed by atoms with Gasteiger partial charge in [-0.2, -0.15) is 9.97 Å². The fraction of sp³-hybridized carbons (Fsp3) is 0.562. The van der Waals surface area contributed by atoms with Gasteiger partial charge in [-0.25, -0.2) is 4.98 Å². The van der Waals surface area contributed by atoms with Crippen LogP contribution >= 0.6 is 19.2 Å². The highest BCUT2D eigenvalue weighted by Crippen LogP contribution is 2.59. The average molecular weight is 418 g/mol. The summed E-state index contributed by atoms with van der Waals surface area (Å²) in [5, 5.41) is -1.53. The number of nitrogens with two attached hydrogens (primary N) is 1. The summed E-state index contributed by atoms with van der Waals surface area (Å²) < 4.78 is 20.0. The summed E-state index contributed by atoms with van der Waals surface area (Å²) in [6.45, 7) is 10.8. The molecule has 0 fully saturated rings. The zero-order valence-corrected chi connectivity index (χ0v) is 17.4. The van der Waals surface area contributed by atoms with E-state index in [4.69, 9.17) is 22.1 Å². The van der Waals surface area contributed by atoms with E-state index in [2.05, 4.69) is 21.5 Å². The van der Waals surface area contributed by atoms with Crippen LogP contribution in [0.2, 0.25) is 5.15 Å². The second kappa shape index (κ2) is 7.85. The van der Waals surface area contributed by atoms with Crippen molar-refractivity contribution in [2.45, 2.75) is 45.7 Å². The molecule has 27 heavy (non-hydrogen) atoms. The third kappa shape index (κ3) is 4.02. The minimum Gasteiger partial charge on any atom is -0.368 e. The molecule has 11 heteroatoms. The largest absolute Gasteiger partial charge is 0.368 e. The van der Waals surface area contributed by atoms with Crippen molar-refractivity contribution in [2.24, 2.45) is 11.8 Å². The molecule has 1 atom stereocenters. The Balaban J connectivity index is 2.43. The molecule has 2 heterocycles. The van der Waals surface area contributed by atoms with Gasteiger partial charge in [0, 0.05) is 0 Å². The minimum absolute atomic E-state index is 0.000698. The normalized spacial score (nSPS) is 14.3. The first kappa shape index (κ1) is 21.8. The number of halogens is 1. The first-order valence-corrected chi connectivity index (χ1v) is 10.4. The van der Waals surface area contributed by atoms with E-state index < -0.39 is 30.9 Å². The molecule has 0 aliphatic rings. The summed E-state index contributed by atoms with van der Waals surface area (Å²) in [5.74, 6) is -0.875. The first-order chi connectivity index (χ1) is 12.4. The quantitative estimate of drug-likeness (QED) is 0.339. The Labute approximate surface area is 162 Å². The lowest BCUT2D eigenvalue weighted by Gasteiger charge is -2.43. The summed E-state index contributed by atoms with van der Waals surface area (Å²) in [4.78, 5) is 32.3. The van der Waals surface area contributed by atoms with Crippen molar-refractivity contribution in [2.75, 3.05) is 5.73 Å². The van der Waals surface area contributed by atoms with E-state index in [1.165, 1.54) is 12.4 Å². The molecular formula is C16H25ClN5O4P. The van der Waals surface area contributed by atoms with E-state index in [1.807, 2.05) is 0 Å². The highest BCUT2D eigenvalue weighted by atomic mass is 35.5. The summed E-state index contributed by atoms with van der Waals surface area (Å²) in [5.41, 5.74) is 6.43. The third-order valence-corrected chi connectivity index (χ3v) is 6.84. The van der Waals surface area contributed by atoms with Crippen molar-refractivity contribution in [3.63, 3.8) is 0 Å². The molecule has 2 rings (SSSR count). The predicted octanol–water partition coefficient (Wildman–Crippen LogP) is 2.82. The maximum absolute atomic E-state index is 12.4. The van der Waals surface area contributed by atoms with E-state index in [-0.39, 0.29) is 17.6 Å². The molecular weight excluding hydrogens is 393 g/mol. The molecule has 0 aliphatic carbocycles. The maximum atomic E-state index is 12.4. The number of imidazole rings is 1. The lowest BCUT2D eigenvalue weighted by molar-refractivity contribution is -0.0925. The van der Waals surface area contributed by atoms with Crippen LogP contribution in [0.5, 0.6) is 0 Å². The lowest BCUT2D eigenvalue weighted by Crippen LogP contribution is -2.46. The molecule has 0 saturated carbocycles. The van der Waals surface area contributed by atoms with Crippen molar-refractivity contribution in [1.29, 1.82) is 0 Å². The standard InChI is InChI=1S/C16H25ClN5O4P/c1-6-11(26-16(9(2)3,10(4)5)27(23,24)25)7-22-8-19-12-13(17)20-15(18)21-14(12)22/h6,8-11H,1,7H2,2-5H3,(H2,18,20,21)(H2,23,24,25). The Kier molecular flexibility index (Phi) is 6.33. The number of aromatic nitrogens is 4. The summed E-state index contributed by atoms with van der Waals surface area (Å²) in [6.07, 6.45) is 2.27. The van der Waals surface area contributed by atoms with E-state index in [0.717, 1.165) is 0 Å². The van der Waals surface area contributed by atoms with Gasteiger partial charge in [-0.1, -0.05) is 45.4 Å². The van der Waals surface area contributed by atoms with Gasteiger partial charge in [-0.15, -0.1) is 6.58 Å². The SMILES string of the molecule is C=CC(Cn1cnc2c(Cl)nc(N)nc21)OC(C(C)C)(C(C)C)P(=O)(O)O. The summed E-state index contributed by atoms with van der Waals surface area (Å²) >= 11 is 6.03. The number of ether oxygens (including phenoxy) is 1. The smallest absolute Gasteiger partial charge is 0.357 e. The number of nitrogens with zero attached hydrogens (tertiary/aromatic N) is 4. The zero-order chi connectivity index (χ0) is 20.6. The van der Waals surface area contributed by atoms with Gasteiger partial charge in [-0.3, -0.25) is 4.57 Å². The Bertz CT molecular complexity index is 871. The second-order valence-electron chi connectivity index (χ2n) is 6.94. The van der Waals surface area contributed by atoms with Gasteiger partial charge in [0.15, 0.2) is 16.1 Å². The van der Waals surface area contributed by atoms with Crippen molar-refractivity contribution < 1.29 is 19.1 Å². The topological polar surface area (TPSA) is 136 Å². The molecule has 4 N–H and O–H groups in total. The molecule has 150 valence electrons. The van der Waals surface area contributed by atoms with E-state index >= 15 is 0 Å². The Morgan fingerprint density at radius 2 is 1.96 bits per heavy atom. The van der Waals surface area contributed by atoms with Crippen LogP contribution < -0.4 is 5.73 Å². The van der Waals surface area contributed by atoms with Gasteiger partial charge in [0.05, 0.1) is 19.0 Å². The fourth-order valence-electron chi connectivity index (χ4n) is 3.34. The number of nitrogen functional groups attached to an aromatic ring is 1. The minimum atomic E-state index is -4.60. The van der Waals surface area contributed by atoms with E-state index in [0.29, 0.717) is 11.2 Å². The first-order valence-electron chi connectivity index (χ1n) is 8.43. The second-order valence-corrected chi connectivity index (χ2v) is 9.08. The van der Waals surface area contributed by atoms with Gasteiger partial charge >= 0.3 is 7.60 Å². The van der Waals surface area contributed by atoms with Crippen LogP contribution in [-0.2, 0) is 15.8 Å². The molecule has 9 nitrogen and oxygen atoms in total. The maximum Gasteiger partial charge on any atom is 0.357 e. The predicted molar refractivity (Wildman–Crippen MR) is 104 cm³/mol. The van der Waals surface area contributed by atoms with Crippen molar-refractivity contribution >= 4 is 36.3 Å². The number of hydrogen-bond donors (Lipinski definition) is 3. The molecule has 0 bridgehead atoms. The number of anilines is 1. The molecule has 0 saturated heterocycles. The van der Waals surface area contributed by atoms with Gasteiger partial charge < -0.3 is 24.8 Å². The molecule has 2 aromatic rings. The van der Waals surface area contributed by atoms with Crippen LogP contribution in [0.3, 0.4) is 0 Å². The third-order valence-electron chi connectivity index (χ3n) is 4.53. The lowest BCUT2D eigenvalue weighted by atomic mass is 9.95. The summed E-state index contributed by atoms with van der Waals surface area (Å²) in [6, 6.07) is 0. The Hall–Kier alpha value is -1.51. The van der Waals surface area contributed by atoms with Crippen LogP contribution in [0.1, 0.15) is 27.7 Å². The average Bonchev–Trinajstić information content (AvgIpc) is 2.92. The molecule has 0 amide bonds. The Morgan fingerprint density at radius 1 is 1.37 bits per heavy atom. The molecule has 0 aromatic carbocycles. The van der Waals surface area contributed by atoms with Crippen LogP contribution in [-0.4, -0.2) is 40.8 Å². The Morgan fingerprint density at radius 3 is 2.44 bits per heavy atom. The van der Waals surface area contributed by atoms with E-state index in [9.17, 15) is 14.4 Å². The zero-order valence-electron chi connectivity index (χ0n) is 15.7. The van der Waals surface area contributed by atoms with Gasteiger partial charge in [-0.05, 0) is 11.8 Å². The highest BCUT2D eigenvalue weighted by Gasteiger charge is 2.54. The van der Waals surface area contributed by atoms with Crippen molar-refractivity contribution in [1.82, 2.24) is 19.5 Å². The van der Waals surface area contributed by atoms with Crippen molar-refractivity contribution in [3.05, 3.63) is 24.1 Å². The van der Waals surface area contributed by atoms with Crippen LogP contribution in [0.25, 0.3) is 11.2 Å². The van der Waals surface area contributed by atoms with Gasteiger partial charge in [0.25, 0.3) is 0 Å². The molecule has 2 aromatic heterocycles. The molecule has 0 spiro atoms. The number of fused-ring (bicyclic) bond motifs is 1. The van der Waals surface area contributed by atoms with Crippen LogP contribution in [0, 0.1) is 11.8 Å². The molecule has 0 radical (unpaired) electrons. The summed E-state index contributed by atoms with van der Waals surface area (Å²) in [7, 11) is -4.60. The molecule has 0 aliphatic heterocycles. The van der Waals surface area contributed by atoms with Gasteiger partial charge in [0.1, 0.15) is 5.52 Å². The van der Waals surface area contributed by atoms with Crippen LogP contribution in [0.4, 0.5) is 5.95 Å².